The first-order valence-corrected chi connectivity index (χ1v) is 12.5. The van der Waals surface area contributed by atoms with Crippen LogP contribution < -0.4 is 10.6 Å². The summed E-state index contributed by atoms with van der Waals surface area (Å²) in [7, 11) is 0. The van der Waals surface area contributed by atoms with E-state index in [-0.39, 0.29) is 22.3 Å². The van der Waals surface area contributed by atoms with Gasteiger partial charge in [-0.05, 0) is 77.2 Å². The topological polar surface area (TPSA) is 133 Å². The summed E-state index contributed by atoms with van der Waals surface area (Å²) in [6.45, 7) is 7.24. The Bertz CT molecular complexity index is 1550. The molecule has 0 aliphatic heterocycles. The van der Waals surface area contributed by atoms with Crippen molar-refractivity contribution in [3.63, 3.8) is 0 Å². The van der Waals surface area contributed by atoms with Crippen LogP contribution in [0.4, 0.5) is 11.4 Å². The van der Waals surface area contributed by atoms with Gasteiger partial charge >= 0.3 is 11.9 Å². The Kier molecular flexibility index (Phi) is 8.54. The SMILES string of the molecule is C=Cc1ccc(C(=O)Nc2ccc(Cc3ccc(NC(=O)c4ccc(C=C)cc4C(=O)O)cc3)cc2)c(C(=O)O)c1. The van der Waals surface area contributed by atoms with Crippen LogP contribution in [0.3, 0.4) is 0 Å². The second kappa shape index (κ2) is 12.4. The zero-order chi connectivity index (χ0) is 29.5. The number of rotatable bonds is 10. The number of anilines is 2. The fourth-order valence-corrected chi connectivity index (χ4v) is 4.17. The van der Waals surface area contributed by atoms with E-state index in [0.29, 0.717) is 28.9 Å². The lowest BCUT2D eigenvalue weighted by Crippen LogP contribution is -2.16. The molecule has 4 aromatic rings. The molecule has 0 saturated carbocycles. The predicted molar refractivity (Wildman–Crippen MR) is 159 cm³/mol. The van der Waals surface area contributed by atoms with E-state index in [1.165, 1.54) is 36.4 Å². The van der Waals surface area contributed by atoms with E-state index in [4.69, 9.17) is 0 Å². The van der Waals surface area contributed by atoms with Gasteiger partial charge in [0.15, 0.2) is 0 Å². The summed E-state index contributed by atoms with van der Waals surface area (Å²) in [5.41, 5.74) is 4.05. The van der Waals surface area contributed by atoms with Crippen molar-refractivity contribution in [2.75, 3.05) is 10.6 Å². The van der Waals surface area contributed by atoms with Crippen LogP contribution in [0.5, 0.6) is 0 Å². The van der Waals surface area contributed by atoms with Gasteiger partial charge in [0, 0.05) is 11.4 Å². The molecule has 8 nitrogen and oxygen atoms in total. The molecule has 0 bridgehead atoms. The number of amides is 2. The predicted octanol–water partition coefficient (Wildman–Crippen LogP) is 6.46. The Morgan fingerprint density at radius 2 is 0.927 bits per heavy atom. The van der Waals surface area contributed by atoms with Crippen LogP contribution in [0.25, 0.3) is 12.2 Å². The quantitative estimate of drug-likeness (QED) is 0.180. The standard InChI is InChI=1S/C33H26N2O6/c1-3-20-9-15-26(28(18-20)32(38)39)30(36)34-24-11-5-22(6-12-24)17-23-7-13-25(14-8-23)35-31(37)27-16-10-21(4-2)19-29(27)33(40)41/h3-16,18-19H,1-2,17H2,(H,34,36)(H,35,37)(H,38,39)(H,40,41). The van der Waals surface area contributed by atoms with Crippen LogP contribution >= 0.6 is 0 Å². The van der Waals surface area contributed by atoms with Crippen LogP contribution in [0.2, 0.25) is 0 Å². The number of aromatic carboxylic acids is 2. The van der Waals surface area contributed by atoms with Crippen molar-refractivity contribution in [1.82, 2.24) is 0 Å². The molecule has 0 unspecified atom stereocenters. The Labute approximate surface area is 236 Å². The first-order chi connectivity index (χ1) is 19.7. The van der Waals surface area contributed by atoms with Crippen molar-refractivity contribution >= 4 is 47.3 Å². The van der Waals surface area contributed by atoms with Gasteiger partial charge in [0.25, 0.3) is 11.8 Å². The maximum absolute atomic E-state index is 12.7. The summed E-state index contributed by atoms with van der Waals surface area (Å²) in [5, 5.41) is 24.4. The first kappa shape index (κ1) is 28.3. The van der Waals surface area contributed by atoms with Crippen molar-refractivity contribution in [2.24, 2.45) is 0 Å². The monoisotopic (exact) mass is 546 g/mol. The third-order valence-corrected chi connectivity index (χ3v) is 6.34. The maximum Gasteiger partial charge on any atom is 0.336 e. The van der Waals surface area contributed by atoms with Gasteiger partial charge < -0.3 is 20.8 Å². The number of hydrogen-bond acceptors (Lipinski definition) is 4. The number of carbonyl (C=O) groups excluding carboxylic acids is 2. The summed E-state index contributed by atoms with van der Waals surface area (Å²) in [6.07, 6.45) is 3.61. The second-order valence-corrected chi connectivity index (χ2v) is 9.11. The zero-order valence-electron chi connectivity index (χ0n) is 21.9. The van der Waals surface area contributed by atoms with Crippen LogP contribution in [0, 0.1) is 0 Å². The number of carbonyl (C=O) groups is 4. The lowest BCUT2D eigenvalue weighted by atomic mass is 10.0. The normalized spacial score (nSPS) is 10.3. The molecule has 0 aliphatic carbocycles. The van der Waals surface area contributed by atoms with E-state index >= 15 is 0 Å². The summed E-state index contributed by atoms with van der Waals surface area (Å²) in [4.78, 5) is 48.7. The molecule has 4 N–H and O–H groups in total. The lowest BCUT2D eigenvalue weighted by Gasteiger charge is -2.11. The molecule has 8 heteroatoms. The van der Waals surface area contributed by atoms with E-state index in [0.717, 1.165) is 11.1 Å². The summed E-state index contributed by atoms with van der Waals surface area (Å²) in [6, 6.07) is 23.3. The van der Waals surface area contributed by atoms with Gasteiger partial charge in [0.05, 0.1) is 22.3 Å². The van der Waals surface area contributed by atoms with Crippen molar-refractivity contribution in [2.45, 2.75) is 6.42 Å². The van der Waals surface area contributed by atoms with Gasteiger partial charge in [0.2, 0.25) is 0 Å². The van der Waals surface area contributed by atoms with E-state index in [2.05, 4.69) is 23.8 Å². The zero-order valence-corrected chi connectivity index (χ0v) is 21.9. The third kappa shape index (κ3) is 6.82. The van der Waals surface area contributed by atoms with E-state index in [1.54, 1.807) is 36.4 Å². The van der Waals surface area contributed by atoms with Gasteiger partial charge in [-0.1, -0.05) is 61.7 Å². The molecular weight excluding hydrogens is 520 g/mol. The molecule has 0 saturated heterocycles. The van der Waals surface area contributed by atoms with Crippen molar-refractivity contribution in [3.05, 3.63) is 143 Å². The van der Waals surface area contributed by atoms with Crippen molar-refractivity contribution in [3.8, 4) is 0 Å². The number of benzene rings is 4. The highest BCUT2D eigenvalue weighted by Gasteiger charge is 2.18. The molecule has 0 atom stereocenters. The molecule has 0 fully saturated rings. The average Bonchev–Trinajstić information content (AvgIpc) is 2.98. The molecule has 0 aliphatic rings. The summed E-state index contributed by atoms with van der Waals surface area (Å²) < 4.78 is 0. The first-order valence-electron chi connectivity index (χ1n) is 12.5. The molecule has 0 spiro atoms. The highest BCUT2D eigenvalue weighted by molar-refractivity contribution is 6.11. The van der Waals surface area contributed by atoms with Crippen molar-refractivity contribution < 1.29 is 29.4 Å². The Hall–Kier alpha value is -5.76. The van der Waals surface area contributed by atoms with Gasteiger partial charge in [-0.2, -0.15) is 0 Å². The summed E-state index contributed by atoms with van der Waals surface area (Å²) in [5.74, 6) is -3.47. The van der Waals surface area contributed by atoms with E-state index < -0.39 is 23.8 Å². The number of nitrogens with one attached hydrogen (secondary N) is 2. The smallest absolute Gasteiger partial charge is 0.336 e. The van der Waals surface area contributed by atoms with Crippen molar-refractivity contribution in [1.29, 1.82) is 0 Å². The highest BCUT2D eigenvalue weighted by Crippen LogP contribution is 2.20. The van der Waals surface area contributed by atoms with Gasteiger partial charge in [-0.25, -0.2) is 9.59 Å². The van der Waals surface area contributed by atoms with E-state index in [1.807, 2.05) is 24.3 Å². The summed E-state index contributed by atoms with van der Waals surface area (Å²) >= 11 is 0. The van der Waals surface area contributed by atoms with Crippen LogP contribution in [-0.4, -0.2) is 34.0 Å². The Morgan fingerprint density at radius 1 is 0.561 bits per heavy atom. The van der Waals surface area contributed by atoms with Gasteiger partial charge in [-0.15, -0.1) is 0 Å². The fraction of sp³-hybridized carbons (Fsp3) is 0.0303. The van der Waals surface area contributed by atoms with Crippen LogP contribution in [0.1, 0.15) is 63.7 Å². The molecule has 4 rings (SSSR count). The molecule has 0 radical (unpaired) electrons. The van der Waals surface area contributed by atoms with Gasteiger partial charge in [-0.3, -0.25) is 9.59 Å². The van der Waals surface area contributed by atoms with Gasteiger partial charge in [0.1, 0.15) is 0 Å². The number of hydrogen-bond donors (Lipinski definition) is 4. The molecule has 41 heavy (non-hydrogen) atoms. The molecule has 204 valence electrons. The second-order valence-electron chi connectivity index (χ2n) is 9.11. The Balaban J connectivity index is 1.39. The third-order valence-electron chi connectivity index (χ3n) is 6.34. The highest BCUT2D eigenvalue weighted by atomic mass is 16.4. The number of carboxylic acids is 2. The largest absolute Gasteiger partial charge is 0.478 e. The number of carboxylic acid groups (broad SMARTS) is 2. The minimum Gasteiger partial charge on any atom is -0.478 e. The van der Waals surface area contributed by atoms with Crippen LogP contribution in [0.15, 0.2) is 98.1 Å². The fourth-order valence-electron chi connectivity index (χ4n) is 4.17. The molecule has 0 heterocycles. The molecular formula is C33H26N2O6. The Morgan fingerprint density at radius 3 is 1.24 bits per heavy atom. The van der Waals surface area contributed by atoms with Crippen LogP contribution in [-0.2, 0) is 6.42 Å². The maximum atomic E-state index is 12.7. The lowest BCUT2D eigenvalue weighted by molar-refractivity contribution is 0.0683. The average molecular weight is 547 g/mol. The molecule has 4 aromatic carbocycles. The van der Waals surface area contributed by atoms with E-state index in [9.17, 15) is 29.4 Å². The minimum atomic E-state index is -1.20. The molecule has 2 amide bonds. The molecule has 0 aromatic heterocycles. The minimum absolute atomic E-state index is 0.0484.